The monoisotopic (exact) mass is 552 g/mol. The van der Waals surface area contributed by atoms with Crippen LogP contribution in [0.25, 0.3) is 0 Å². The van der Waals surface area contributed by atoms with E-state index >= 15 is 0 Å². The van der Waals surface area contributed by atoms with E-state index in [1.165, 1.54) is 11.8 Å². The lowest BCUT2D eigenvalue weighted by molar-refractivity contribution is -0.157. The standard InChI is InChI=1S/C27H44N4O6S/c1-25(2,3)35-18(32)13-12-17(38-23-29-21(30-31-23)15-10-11-15)19-16(14-28-24(34)37-27(7,8)9)20(19)22(33)36-26(4,5)6/h15-17,19-20H,10-14H2,1-9H3,(H,28,34)(H,29,30,31). The fourth-order valence-electron chi connectivity index (χ4n) is 4.36. The SMILES string of the molecule is CC(C)(C)OC(=O)CCC(Sc1n[nH]c(C2CC2)n1)C1C(CNC(=O)OC(C)(C)C)C1C(=O)OC(C)(C)C. The summed E-state index contributed by atoms with van der Waals surface area (Å²) in [4.78, 5) is 42.7. The van der Waals surface area contributed by atoms with Crippen molar-refractivity contribution in [2.75, 3.05) is 6.54 Å². The van der Waals surface area contributed by atoms with Gasteiger partial charge in [-0.3, -0.25) is 14.7 Å². The number of carbonyl (C=O) groups excluding carboxylic acids is 3. The molecule has 2 fully saturated rings. The molecule has 2 aliphatic carbocycles. The molecule has 10 nitrogen and oxygen atoms in total. The molecule has 4 atom stereocenters. The minimum Gasteiger partial charge on any atom is -0.460 e. The largest absolute Gasteiger partial charge is 0.460 e. The maximum absolute atomic E-state index is 13.2. The van der Waals surface area contributed by atoms with Crippen LogP contribution in [0.4, 0.5) is 4.79 Å². The molecule has 0 bridgehead atoms. The van der Waals surface area contributed by atoms with Gasteiger partial charge in [0.15, 0.2) is 0 Å². The van der Waals surface area contributed by atoms with Crippen molar-refractivity contribution in [1.29, 1.82) is 0 Å². The number of aromatic amines is 1. The third kappa shape index (κ3) is 9.78. The van der Waals surface area contributed by atoms with Crippen LogP contribution in [-0.2, 0) is 23.8 Å². The number of nitrogens with zero attached hydrogens (tertiary/aromatic N) is 2. The summed E-state index contributed by atoms with van der Waals surface area (Å²) in [7, 11) is 0. The van der Waals surface area contributed by atoms with Crippen molar-refractivity contribution in [2.45, 2.75) is 121 Å². The fraction of sp³-hybridized carbons (Fsp3) is 0.815. The molecule has 1 amide bonds. The van der Waals surface area contributed by atoms with Gasteiger partial charge in [-0.1, -0.05) is 11.8 Å². The Hall–Kier alpha value is -2.30. The summed E-state index contributed by atoms with van der Waals surface area (Å²) in [6.45, 7) is 16.7. The molecule has 0 radical (unpaired) electrons. The first-order chi connectivity index (χ1) is 17.4. The third-order valence-electron chi connectivity index (χ3n) is 5.97. The van der Waals surface area contributed by atoms with Crippen LogP contribution in [0.15, 0.2) is 5.16 Å². The average molecular weight is 553 g/mol. The predicted molar refractivity (Wildman–Crippen MR) is 144 cm³/mol. The first kappa shape index (κ1) is 30.2. The number of ether oxygens (including phenoxy) is 3. The smallest absolute Gasteiger partial charge is 0.407 e. The number of hydrogen-bond acceptors (Lipinski definition) is 9. The van der Waals surface area contributed by atoms with Crippen LogP contribution in [0.5, 0.6) is 0 Å². The van der Waals surface area contributed by atoms with Crippen molar-refractivity contribution >= 4 is 29.8 Å². The summed E-state index contributed by atoms with van der Waals surface area (Å²) in [5, 5.41) is 10.7. The van der Waals surface area contributed by atoms with Gasteiger partial charge in [-0.2, -0.15) is 0 Å². The van der Waals surface area contributed by atoms with Crippen molar-refractivity contribution in [2.24, 2.45) is 17.8 Å². The Morgan fingerprint density at radius 1 is 0.974 bits per heavy atom. The van der Waals surface area contributed by atoms with Crippen molar-refractivity contribution in [3.63, 3.8) is 0 Å². The van der Waals surface area contributed by atoms with E-state index < -0.39 is 28.8 Å². The minimum absolute atomic E-state index is 0.143. The normalized spacial score (nSPS) is 22.4. The van der Waals surface area contributed by atoms with Gasteiger partial charge in [0.25, 0.3) is 0 Å². The molecule has 4 unspecified atom stereocenters. The molecule has 1 heterocycles. The molecule has 2 saturated carbocycles. The van der Waals surface area contributed by atoms with E-state index in [1.54, 1.807) is 20.8 Å². The van der Waals surface area contributed by atoms with Crippen LogP contribution >= 0.6 is 11.8 Å². The summed E-state index contributed by atoms with van der Waals surface area (Å²) >= 11 is 1.46. The zero-order chi connectivity index (χ0) is 28.5. The van der Waals surface area contributed by atoms with Gasteiger partial charge in [-0.15, -0.1) is 5.10 Å². The van der Waals surface area contributed by atoms with E-state index in [-0.39, 0.29) is 42.0 Å². The highest BCUT2D eigenvalue weighted by atomic mass is 32.2. The second-order valence-electron chi connectivity index (χ2n) is 13.2. The molecule has 11 heteroatoms. The predicted octanol–water partition coefficient (Wildman–Crippen LogP) is 4.99. The highest BCUT2D eigenvalue weighted by molar-refractivity contribution is 7.99. The summed E-state index contributed by atoms with van der Waals surface area (Å²) in [5.74, 6) is -0.0449. The number of H-pyrrole nitrogens is 1. The van der Waals surface area contributed by atoms with E-state index in [0.717, 1.165) is 18.7 Å². The van der Waals surface area contributed by atoms with E-state index in [2.05, 4.69) is 20.5 Å². The number of alkyl carbamates (subject to hydrolysis) is 1. The van der Waals surface area contributed by atoms with Gasteiger partial charge in [0, 0.05) is 24.1 Å². The Kier molecular flexibility index (Phi) is 9.10. The quantitative estimate of drug-likeness (QED) is 0.234. The zero-order valence-electron chi connectivity index (χ0n) is 24.2. The van der Waals surface area contributed by atoms with Crippen molar-refractivity contribution in [1.82, 2.24) is 20.5 Å². The molecular weight excluding hydrogens is 508 g/mol. The highest BCUT2D eigenvalue weighted by Crippen LogP contribution is 2.55. The molecule has 0 saturated heterocycles. The Morgan fingerprint density at radius 3 is 2.13 bits per heavy atom. The Bertz CT molecular complexity index is 1000. The van der Waals surface area contributed by atoms with E-state index in [9.17, 15) is 14.4 Å². The molecule has 2 N–H and O–H groups in total. The summed E-state index contributed by atoms with van der Waals surface area (Å²) in [5.41, 5.74) is -1.86. The molecule has 1 aromatic rings. The molecule has 0 aliphatic heterocycles. The minimum atomic E-state index is -0.643. The Labute approximate surface area is 230 Å². The van der Waals surface area contributed by atoms with Gasteiger partial charge >= 0.3 is 18.0 Å². The maximum atomic E-state index is 13.2. The van der Waals surface area contributed by atoms with Gasteiger partial charge < -0.3 is 19.5 Å². The maximum Gasteiger partial charge on any atom is 0.407 e. The number of rotatable bonds is 10. The lowest BCUT2D eigenvalue weighted by Gasteiger charge is -2.21. The summed E-state index contributed by atoms with van der Waals surface area (Å²) < 4.78 is 16.6. The van der Waals surface area contributed by atoms with Gasteiger partial charge in [0.1, 0.15) is 22.6 Å². The number of thioether (sulfide) groups is 1. The summed E-state index contributed by atoms with van der Waals surface area (Å²) in [6.07, 6.45) is 2.33. The van der Waals surface area contributed by atoms with E-state index in [1.807, 2.05) is 41.5 Å². The fourth-order valence-corrected chi connectivity index (χ4v) is 5.64. The van der Waals surface area contributed by atoms with Crippen molar-refractivity contribution in [3.8, 4) is 0 Å². The molecule has 0 aromatic carbocycles. The molecule has 214 valence electrons. The van der Waals surface area contributed by atoms with Crippen LogP contribution in [0.3, 0.4) is 0 Å². The van der Waals surface area contributed by atoms with Crippen LogP contribution in [0.2, 0.25) is 0 Å². The van der Waals surface area contributed by atoms with Crippen LogP contribution in [0, 0.1) is 17.8 Å². The van der Waals surface area contributed by atoms with Gasteiger partial charge in [-0.05, 0) is 93.4 Å². The van der Waals surface area contributed by atoms with Crippen molar-refractivity contribution < 1.29 is 28.6 Å². The Morgan fingerprint density at radius 2 is 1.58 bits per heavy atom. The number of carbonyl (C=O) groups is 3. The van der Waals surface area contributed by atoms with Gasteiger partial charge in [-0.25, -0.2) is 9.78 Å². The van der Waals surface area contributed by atoms with Crippen molar-refractivity contribution in [3.05, 3.63) is 5.82 Å². The van der Waals surface area contributed by atoms with Crippen LogP contribution in [-0.4, -0.2) is 61.8 Å². The number of nitrogens with one attached hydrogen (secondary N) is 2. The van der Waals surface area contributed by atoms with E-state index in [0.29, 0.717) is 17.5 Å². The van der Waals surface area contributed by atoms with E-state index in [4.69, 9.17) is 14.2 Å². The first-order valence-corrected chi connectivity index (χ1v) is 14.3. The Balaban J connectivity index is 1.77. The molecule has 1 aromatic heterocycles. The highest BCUT2D eigenvalue weighted by Gasteiger charge is 2.59. The number of amides is 1. The molecule has 3 rings (SSSR count). The number of hydrogen-bond donors (Lipinski definition) is 2. The van der Waals surface area contributed by atoms with Crippen LogP contribution < -0.4 is 5.32 Å². The van der Waals surface area contributed by atoms with Gasteiger partial charge in [0.2, 0.25) is 5.16 Å². The topological polar surface area (TPSA) is 132 Å². The molecular formula is C27H44N4O6S. The third-order valence-corrected chi connectivity index (χ3v) is 7.22. The average Bonchev–Trinajstić information content (AvgIpc) is 3.63. The first-order valence-electron chi connectivity index (χ1n) is 13.4. The summed E-state index contributed by atoms with van der Waals surface area (Å²) in [6, 6.07) is 0. The molecule has 38 heavy (non-hydrogen) atoms. The molecule has 0 spiro atoms. The second kappa shape index (κ2) is 11.4. The molecule has 2 aliphatic rings. The lowest BCUT2D eigenvalue weighted by Crippen LogP contribution is -2.34. The second-order valence-corrected chi connectivity index (χ2v) is 14.4. The zero-order valence-corrected chi connectivity index (χ0v) is 25.0. The lowest BCUT2D eigenvalue weighted by atomic mass is 10.1. The number of esters is 2. The number of aromatic nitrogens is 3. The van der Waals surface area contributed by atoms with Gasteiger partial charge in [0.05, 0.1) is 5.92 Å². The van der Waals surface area contributed by atoms with Crippen LogP contribution in [0.1, 0.15) is 99.7 Å².